The van der Waals surface area contributed by atoms with Crippen molar-refractivity contribution in [2.45, 2.75) is 64.3 Å². The van der Waals surface area contributed by atoms with Gasteiger partial charge >= 0.3 is 0 Å². The lowest BCUT2D eigenvalue weighted by molar-refractivity contribution is 0.314. The first-order valence-electron chi connectivity index (χ1n) is 7.65. The molecule has 1 aliphatic rings. The minimum Gasteiger partial charge on any atom is -0.472 e. The molecule has 1 aliphatic carbocycles. The Bertz CT molecular complexity index is 301. The average molecular weight is 249 g/mol. The zero-order chi connectivity index (χ0) is 12.6. The second kappa shape index (κ2) is 7.63. The highest BCUT2D eigenvalue weighted by atomic mass is 16.3. The van der Waals surface area contributed by atoms with Gasteiger partial charge in [0.1, 0.15) is 0 Å². The highest BCUT2D eigenvalue weighted by molar-refractivity contribution is 5.11. The van der Waals surface area contributed by atoms with Gasteiger partial charge in [-0.05, 0) is 37.8 Å². The summed E-state index contributed by atoms with van der Waals surface area (Å²) in [5.41, 5.74) is 1.32. The topological polar surface area (TPSA) is 25.2 Å². The first-order chi connectivity index (χ1) is 8.90. The second-order valence-electron chi connectivity index (χ2n) is 5.64. The van der Waals surface area contributed by atoms with Crippen molar-refractivity contribution in [1.29, 1.82) is 0 Å². The van der Waals surface area contributed by atoms with Crippen LogP contribution in [0.1, 0.15) is 69.9 Å². The van der Waals surface area contributed by atoms with Crippen molar-refractivity contribution in [3.8, 4) is 0 Å². The van der Waals surface area contributed by atoms with Crippen LogP contribution in [0, 0.1) is 5.92 Å². The summed E-state index contributed by atoms with van der Waals surface area (Å²) in [6, 6.07) is 2.60. The van der Waals surface area contributed by atoms with E-state index in [-0.39, 0.29) is 0 Å². The molecule has 0 amide bonds. The van der Waals surface area contributed by atoms with E-state index < -0.39 is 0 Å². The Morgan fingerprint density at radius 1 is 1.33 bits per heavy atom. The van der Waals surface area contributed by atoms with Gasteiger partial charge < -0.3 is 9.73 Å². The van der Waals surface area contributed by atoms with E-state index in [1.807, 2.05) is 6.26 Å². The Kier molecular flexibility index (Phi) is 5.79. The lowest BCUT2D eigenvalue weighted by atomic mass is 9.84. The number of nitrogens with one attached hydrogen (secondary N) is 1. The third kappa shape index (κ3) is 4.16. The van der Waals surface area contributed by atoms with Crippen LogP contribution in [-0.2, 0) is 0 Å². The Balaban J connectivity index is 1.80. The maximum absolute atomic E-state index is 5.23. The van der Waals surface area contributed by atoms with Crippen LogP contribution in [0.25, 0.3) is 0 Å². The molecular formula is C16H27NO. The molecule has 0 spiro atoms. The molecule has 1 atom stereocenters. The van der Waals surface area contributed by atoms with Crippen LogP contribution in [0.3, 0.4) is 0 Å². The molecule has 2 rings (SSSR count). The maximum atomic E-state index is 5.23. The van der Waals surface area contributed by atoms with Crippen molar-refractivity contribution < 1.29 is 4.42 Å². The lowest BCUT2D eigenvalue weighted by Crippen LogP contribution is -2.22. The predicted molar refractivity (Wildman–Crippen MR) is 75.6 cm³/mol. The summed E-state index contributed by atoms with van der Waals surface area (Å²) in [5.74, 6) is 0.969. The Labute approximate surface area is 111 Å². The van der Waals surface area contributed by atoms with Crippen molar-refractivity contribution in [2.24, 2.45) is 5.92 Å². The average Bonchev–Trinajstić information content (AvgIpc) is 2.94. The second-order valence-corrected chi connectivity index (χ2v) is 5.64. The third-order valence-electron chi connectivity index (χ3n) is 4.17. The summed E-state index contributed by atoms with van der Waals surface area (Å²) in [6.07, 6.45) is 14.7. The van der Waals surface area contributed by atoms with Crippen LogP contribution in [-0.4, -0.2) is 6.54 Å². The highest BCUT2D eigenvalue weighted by Crippen LogP contribution is 2.30. The van der Waals surface area contributed by atoms with Gasteiger partial charge in [-0.2, -0.15) is 0 Å². The number of hydrogen-bond donors (Lipinski definition) is 1. The molecule has 1 aromatic heterocycles. The lowest BCUT2D eigenvalue weighted by Gasteiger charge is -2.24. The number of rotatable bonds is 7. The summed E-state index contributed by atoms with van der Waals surface area (Å²) in [5, 5.41) is 3.65. The summed E-state index contributed by atoms with van der Waals surface area (Å²) < 4.78 is 5.23. The predicted octanol–water partition coefficient (Wildman–Crippen LogP) is 4.68. The van der Waals surface area contributed by atoms with Crippen LogP contribution < -0.4 is 5.32 Å². The molecule has 18 heavy (non-hydrogen) atoms. The molecule has 0 bridgehead atoms. The van der Waals surface area contributed by atoms with Crippen molar-refractivity contribution in [3.63, 3.8) is 0 Å². The Hall–Kier alpha value is -0.760. The molecule has 1 heterocycles. The van der Waals surface area contributed by atoms with Gasteiger partial charge in [0, 0.05) is 11.6 Å². The largest absolute Gasteiger partial charge is 0.472 e. The van der Waals surface area contributed by atoms with Gasteiger partial charge in [0.2, 0.25) is 0 Å². The molecule has 1 aromatic rings. The van der Waals surface area contributed by atoms with Crippen LogP contribution in [0.5, 0.6) is 0 Å². The first-order valence-corrected chi connectivity index (χ1v) is 7.65. The molecule has 1 fully saturated rings. The van der Waals surface area contributed by atoms with E-state index in [0.29, 0.717) is 6.04 Å². The van der Waals surface area contributed by atoms with Gasteiger partial charge in [0.05, 0.1) is 12.5 Å². The van der Waals surface area contributed by atoms with Crippen LogP contribution in [0.2, 0.25) is 0 Å². The minimum atomic E-state index is 0.491. The SMILES string of the molecule is CCCNC(CCC1CCCCC1)c1ccoc1. The summed E-state index contributed by atoms with van der Waals surface area (Å²) >= 11 is 0. The van der Waals surface area contributed by atoms with E-state index in [4.69, 9.17) is 4.42 Å². The van der Waals surface area contributed by atoms with E-state index in [1.54, 1.807) is 6.26 Å². The molecule has 0 saturated heterocycles. The van der Waals surface area contributed by atoms with Crippen molar-refractivity contribution in [2.75, 3.05) is 6.54 Å². The molecule has 0 aromatic carbocycles. The fraction of sp³-hybridized carbons (Fsp3) is 0.750. The molecule has 2 nitrogen and oxygen atoms in total. The smallest absolute Gasteiger partial charge is 0.0950 e. The first kappa shape index (κ1) is 13.7. The monoisotopic (exact) mass is 249 g/mol. The summed E-state index contributed by atoms with van der Waals surface area (Å²) in [6.45, 7) is 3.32. The van der Waals surface area contributed by atoms with Crippen LogP contribution in [0.15, 0.2) is 23.0 Å². The molecule has 0 radical (unpaired) electrons. The third-order valence-corrected chi connectivity index (χ3v) is 4.17. The van der Waals surface area contributed by atoms with Crippen molar-refractivity contribution in [1.82, 2.24) is 5.32 Å². The minimum absolute atomic E-state index is 0.491. The van der Waals surface area contributed by atoms with E-state index in [9.17, 15) is 0 Å². The Morgan fingerprint density at radius 2 is 2.17 bits per heavy atom. The molecule has 1 N–H and O–H groups in total. The van der Waals surface area contributed by atoms with Gasteiger partial charge in [0.25, 0.3) is 0 Å². The van der Waals surface area contributed by atoms with Crippen molar-refractivity contribution >= 4 is 0 Å². The summed E-state index contributed by atoms with van der Waals surface area (Å²) in [7, 11) is 0. The standard InChI is InChI=1S/C16H27NO/c1-2-11-17-16(15-10-12-18-13-15)9-8-14-6-4-3-5-7-14/h10,12-14,16-17H,2-9,11H2,1H3. The van der Waals surface area contributed by atoms with E-state index in [0.717, 1.165) is 12.5 Å². The van der Waals surface area contributed by atoms with Crippen molar-refractivity contribution in [3.05, 3.63) is 24.2 Å². The normalized spacial score (nSPS) is 18.9. The highest BCUT2D eigenvalue weighted by Gasteiger charge is 2.17. The summed E-state index contributed by atoms with van der Waals surface area (Å²) in [4.78, 5) is 0. The van der Waals surface area contributed by atoms with Gasteiger partial charge in [-0.1, -0.05) is 39.0 Å². The van der Waals surface area contributed by atoms with E-state index in [1.165, 1.54) is 56.9 Å². The molecule has 0 aliphatic heterocycles. The molecule has 1 saturated carbocycles. The molecule has 102 valence electrons. The number of hydrogen-bond acceptors (Lipinski definition) is 2. The molecule has 2 heteroatoms. The van der Waals surface area contributed by atoms with Gasteiger partial charge in [-0.3, -0.25) is 0 Å². The van der Waals surface area contributed by atoms with Crippen LogP contribution >= 0.6 is 0 Å². The Morgan fingerprint density at radius 3 is 2.83 bits per heavy atom. The molecular weight excluding hydrogens is 222 g/mol. The molecule has 1 unspecified atom stereocenters. The van der Waals surface area contributed by atoms with Gasteiger partial charge in [-0.15, -0.1) is 0 Å². The zero-order valence-electron chi connectivity index (χ0n) is 11.7. The van der Waals surface area contributed by atoms with Crippen LogP contribution in [0.4, 0.5) is 0 Å². The fourth-order valence-corrected chi connectivity index (χ4v) is 3.06. The zero-order valence-corrected chi connectivity index (χ0v) is 11.7. The number of furan rings is 1. The van der Waals surface area contributed by atoms with E-state index >= 15 is 0 Å². The van der Waals surface area contributed by atoms with Gasteiger partial charge in [-0.25, -0.2) is 0 Å². The maximum Gasteiger partial charge on any atom is 0.0950 e. The van der Waals surface area contributed by atoms with E-state index in [2.05, 4.69) is 18.3 Å². The quantitative estimate of drug-likeness (QED) is 0.759. The fourth-order valence-electron chi connectivity index (χ4n) is 3.06. The van der Waals surface area contributed by atoms with Gasteiger partial charge in [0.15, 0.2) is 0 Å².